The van der Waals surface area contributed by atoms with Gasteiger partial charge in [-0.25, -0.2) is 0 Å². The van der Waals surface area contributed by atoms with Crippen LogP contribution >= 0.6 is 11.6 Å². The summed E-state index contributed by atoms with van der Waals surface area (Å²) in [7, 11) is 1.36. The van der Waals surface area contributed by atoms with Gasteiger partial charge < -0.3 is 9.47 Å². The lowest BCUT2D eigenvalue weighted by molar-refractivity contribution is -0.394. The molecule has 0 bridgehead atoms. The Morgan fingerprint density at radius 2 is 1.75 bits per heavy atom. The van der Waals surface area contributed by atoms with Gasteiger partial charge in [-0.2, -0.15) is 5.26 Å². The van der Waals surface area contributed by atoms with Gasteiger partial charge in [0.25, 0.3) is 5.69 Å². The van der Waals surface area contributed by atoms with Gasteiger partial charge in [0.05, 0.1) is 39.7 Å². The summed E-state index contributed by atoms with van der Waals surface area (Å²) in [4.78, 5) is 20.8. The molecule has 3 rings (SSSR count). The summed E-state index contributed by atoms with van der Waals surface area (Å²) in [6.45, 7) is 0. The van der Waals surface area contributed by atoms with Crippen LogP contribution in [0, 0.1) is 31.6 Å². The molecule has 9 nitrogen and oxygen atoms in total. The van der Waals surface area contributed by atoms with Crippen LogP contribution in [0.1, 0.15) is 11.1 Å². The van der Waals surface area contributed by atoms with Crippen LogP contribution < -0.4 is 9.47 Å². The number of methoxy groups -OCH3 is 1. The van der Waals surface area contributed by atoms with E-state index in [0.29, 0.717) is 16.7 Å². The quantitative estimate of drug-likeness (QED) is 0.186. The van der Waals surface area contributed by atoms with Crippen LogP contribution in [0.25, 0.3) is 11.6 Å². The fourth-order valence-electron chi connectivity index (χ4n) is 2.84. The molecule has 0 aromatic heterocycles. The van der Waals surface area contributed by atoms with Gasteiger partial charge in [0.15, 0.2) is 11.5 Å². The minimum Gasteiger partial charge on any atom is -0.493 e. The molecule has 32 heavy (non-hydrogen) atoms. The highest BCUT2D eigenvalue weighted by molar-refractivity contribution is 6.32. The molecule has 160 valence electrons. The summed E-state index contributed by atoms with van der Waals surface area (Å²) in [5.41, 5.74) is 0.595. The molecule has 0 unspecified atom stereocenters. The number of benzene rings is 3. The molecular weight excluding hydrogens is 438 g/mol. The molecule has 0 saturated heterocycles. The predicted molar refractivity (Wildman–Crippen MR) is 118 cm³/mol. The van der Waals surface area contributed by atoms with Crippen molar-refractivity contribution in [2.24, 2.45) is 0 Å². The number of allylic oxidation sites excluding steroid dienone is 1. The smallest absolute Gasteiger partial charge is 0.318 e. The maximum Gasteiger partial charge on any atom is 0.318 e. The number of halogens is 1. The second-order valence-corrected chi connectivity index (χ2v) is 6.75. The van der Waals surface area contributed by atoms with Crippen molar-refractivity contribution >= 4 is 34.6 Å². The zero-order valence-electron chi connectivity index (χ0n) is 16.5. The number of nitrogens with zero attached hydrogens (tertiary/aromatic N) is 3. The second kappa shape index (κ2) is 9.59. The highest BCUT2D eigenvalue weighted by Gasteiger charge is 2.23. The molecule has 10 heteroatoms. The van der Waals surface area contributed by atoms with Crippen LogP contribution in [-0.4, -0.2) is 17.0 Å². The summed E-state index contributed by atoms with van der Waals surface area (Å²) in [5, 5.41) is 31.9. The molecule has 0 atom stereocenters. The van der Waals surface area contributed by atoms with Crippen molar-refractivity contribution in [3.05, 3.63) is 97.0 Å². The summed E-state index contributed by atoms with van der Waals surface area (Å²) in [6, 6.07) is 17.2. The minimum absolute atomic E-state index is 0.0125. The molecule has 0 N–H and O–H groups in total. The molecule has 0 amide bonds. The summed E-state index contributed by atoms with van der Waals surface area (Å²) in [5.74, 6) is -0.102. The molecule has 0 aliphatic heterocycles. The van der Waals surface area contributed by atoms with Crippen LogP contribution in [0.5, 0.6) is 17.2 Å². The first-order chi connectivity index (χ1) is 15.3. The number of nitriles is 1. The number of hydrogen-bond acceptors (Lipinski definition) is 7. The Morgan fingerprint density at radius 3 is 2.34 bits per heavy atom. The zero-order valence-corrected chi connectivity index (χ0v) is 17.3. The van der Waals surface area contributed by atoms with E-state index in [4.69, 9.17) is 21.1 Å². The van der Waals surface area contributed by atoms with E-state index in [2.05, 4.69) is 6.07 Å². The van der Waals surface area contributed by atoms with Gasteiger partial charge in [0, 0.05) is 6.07 Å². The third-order valence-electron chi connectivity index (χ3n) is 4.33. The van der Waals surface area contributed by atoms with Gasteiger partial charge in [0.2, 0.25) is 5.75 Å². The molecule has 0 spiro atoms. The van der Waals surface area contributed by atoms with Crippen LogP contribution in [0.3, 0.4) is 0 Å². The fourth-order valence-corrected chi connectivity index (χ4v) is 3.10. The van der Waals surface area contributed by atoms with Crippen LogP contribution in [0.15, 0.2) is 60.7 Å². The van der Waals surface area contributed by atoms with E-state index in [1.807, 2.05) is 18.2 Å². The van der Waals surface area contributed by atoms with Gasteiger partial charge in [-0.05, 0) is 35.4 Å². The van der Waals surface area contributed by atoms with Gasteiger partial charge in [-0.15, -0.1) is 0 Å². The number of hydrogen-bond donors (Lipinski definition) is 0. The average Bonchev–Trinajstić information content (AvgIpc) is 2.79. The van der Waals surface area contributed by atoms with Crippen molar-refractivity contribution in [1.29, 1.82) is 5.26 Å². The number of non-ortho nitro benzene ring substituents is 1. The van der Waals surface area contributed by atoms with Crippen LogP contribution in [0.4, 0.5) is 11.4 Å². The lowest BCUT2D eigenvalue weighted by Gasteiger charge is -2.13. The summed E-state index contributed by atoms with van der Waals surface area (Å²) in [6.07, 6.45) is 1.61. The van der Waals surface area contributed by atoms with Gasteiger partial charge >= 0.3 is 5.69 Å². The van der Waals surface area contributed by atoms with Gasteiger partial charge in [-0.1, -0.05) is 41.9 Å². The summed E-state index contributed by atoms with van der Waals surface area (Å²) < 4.78 is 10.9. The molecule has 0 radical (unpaired) electrons. The van der Waals surface area contributed by atoms with Crippen LogP contribution in [-0.2, 0) is 0 Å². The molecule has 0 fully saturated rings. The Balaban J connectivity index is 2.03. The van der Waals surface area contributed by atoms with Crippen molar-refractivity contribution in [3.63, 3.8) is 0 Å². The first-order valence-electron chi connectivity index (χ1n) is 8.99. The number of rotatable bonds is 7. The highest BCUT2D eigenvalue weighted by atomic mass is 35.5. The monoisotopic (exact) mass is 451 g/mol. The maximum absolute atomic E-state index is 11.4. The normalized spacial score (nSPS) is 10.8. The molecule has 0 heterocycles. The average molecular weight is 452 g/mol. The van der Waals surface area contributed by atoms with Crippen molar-refractivity contribution in [2.45, 2.75) is 0 Å². The molecular formula is C22H14ClN3O6. The van der Waals surface area contributed by atoms with E-state index in [1.165, 1.54) is 13.2 Å². The Bertz CT molecular complexity index is 1270. The third kappa shape index (κ3) is 4.83. The predicted octanol–water partition coefficient (Wildman–Crippen LogP) is 6.02. The van der Waals surface area contributed by atoms with Gasteiger partial charge in [0.1, 0.15) is 0 Å². The first-order valence-corrected chi connectivity index (χ1v) is 9.37. The molecule has 3 aromatic rings. The zero-order chi connectivity index (χ0) is 23.3. The van der Waals surface area contributed by atoms with E-state index >= 15 is 0 Å². The topological polar surface area (TPSA) is 129 Å². The van der Waals surface area contributed by atoms with Crippen molar-refractivity contribution in [3.8, 4) is 23.3 Å². The minimum atomic E-state index is -0.793. The largest absolute Gasteiger partial charge is 0.493 e. The lowest BCUT2D eigenvalue weighted by Crippen LogP contribution is -1.98. The summed E-state index contributed by atoms with van der Waals surface area (Å²) >= 11 is 6.35. The highest BCUT2D eigenvalue weighted by Crippen LogP contribution is 2.43. The maximum atomic E-state index is 11.4. The number of nitro groups is 2. The van der Waals surface area contributed by atoms with Crippen molar-refractivity contribution in [1.82, 2.24) is 0 Å². The van der Waals surface area contributed by atoms with E-state index in [0.717, 1.165) is 18.2 Å². The lowest BCUT2D eigenvalue weighted by atomic mass is 10.0. The third-order valence-corrected chi connectivity index (χ3v) is 4.61. The fraction of sp³-hybridized carbons (Fsp3) is 0.0455. The Kier molecular flexibility index (Phi) is 6.68. The molecule has 0 saturated carbocycles. The Labute approximate surface area is 187 Å². The number of nitro benzene ring substituents is 2. The number of ether oxygens (including phenoxy) is 2. The van der Waals surface area contributed by atoms with E-state index in [-0.39, 0.29) is 22.3 Å². The Hall–Kier alpha value is -4.42. The van der Waals surface area contributed by atoms with E-state index in [9.17, 15) is 25.5 Å². The van der Waals surface area contributed by atoms with E-state index < -0.39 is 21.2 Å². The van der Waals surface area contributed by atoms with Gasteiger partial charge in [-0.3, -0.25) is 20.2 Å². The second-order valence-electron chi connectivity index (χ2n) is 6.34. The molecule has 0 aliphatic rings. The van der Waals surface area contributed by atoms with Crippen molar-refractivity contribution < 1.29 is 19.3 Å². The standard InChI is InChI=1S/C22H14ClN3O6/c1-31-21-11-14(9-16(13-24)15-5-3-2-4-6-15)10-18(23)22(21)32-20-8-7-17(25(27)28)12-19(20)26(29)30/h2-12H,1H3/b16-9+. The van der Waals surface area contributed by atoms with Crippen LogP contribution in [0.2, 0.25) is 5.02 Å². The SMILES string of the molecule is COc1cc(/C=C(\C#N)c2ccccc2)cc(Cl)c1Oc1ccc([N+](=O)[O-])cc1[N+](=O)[O-]. The molecule has 0 aliphatic carbocycles. The first kappa shape index (κ1) is 22.3. The van der Waals surface area contributed by atoms with E-state index in [1.54, 1.807) is 24.3 Å². The molecule has 3 aromatic carbocycles. The Morgan fingerprint density at radius 1 is 1.03 bits per heavy atom. The van der Waals surface area contributed by atoms with Crippen molar-refractivity contribution in [2.75, 3.05) is 7.11 Å².